The van der Waals surface area contributed by atoms with Crippen molar-refractivity contribution < 1.29 is 22.7 Å². The summed E-state index contributed by atoms with van der Waals surface area (Å²) in [4.78, 5) is 28.9. The molecule has 0 saturated heterocycles. The molecule has 0 spiro atoms. The molecule has 2 amide bonds. The van der Waals surface area contributed by atoms with Crippen LogP contribution in [0.25, 0.3) is 0 Å². The number of carbonyl (C=O) groups excluding carboxylic acids is 2. The van der Waals surface area contributed by atoms with Crippen molar-refractivity contribution in [2.75, 3.05) is 18.0 Å². The Morgan fingerprint density at radius 2 is 1.54 bits per heavy atom. The molecule has 41 heavy (non-hydrogen) atoms. The van der Waals surface area contributed by atoms with Gasteiger partial charge < -0.3 is 15.0 Å². The van der Waals surface area contributed by atoms with Crippen molar-refractivity contribution in [3.05, 3.63) is 88.9 Å². The summed E-state index contributed by atoms with van der Waals surface area (Å²) in [7, 11) is -2.70. The van der Waals surface area contributed by atoms with Crippen LogP contribution in [-0.4, -0.2) is 50.9 Å². The van der Waals surface area contributed by atoms with Gasteiger partial charge in [0.25, 0.3) is 10.0 Å². The van der Waals surface area contributed by atoms with Gasteiger partial charge >= 0.3 is 0 Å². The second-order valence-corrected chi connectivity index (χ2v) is 12.2. The van der Waals surface area contributed by atoms with Gasteiger partial charge in [0.05, 0.1) is 17.7 Å². The van der Waals surface area contributed by atoms with Crippen LogP contribution in [0, 0.1) is 6.92 Å². The molecule has 0 bridgehead atoms. The highest BCUT2D eigenvalue weighted by Crippen LogP contribution is 2.27. The van der Waals surface area contributed by atoms with Crippen molar-refractivity contribution in [3.8, 4) is 5.75 Å². The molecular weight excluding hydrogens is 562 g/mol. The fraction of sp³-hybridized carbons (Fsp3) is 0.355. The Morgan fingerprint density at radius 3 is 2.07 bits per heavy atom. The number of rotatable bonds is 13. The van der Waals surface area contributed by atoms with Crippen LogP contribution in [0.5, 0.6) is 5.75 Å². The monoisotopic (exact) mass is 599 g/mol. The second kappa shape index (κ2) is 14.4. The summed E-state index contributed by atoms with van der Waals surface area (Å²) in [6.07, 6.45) is 1.09. The third-order valence-electron chi connectivity index (χ3n) is 6.90. The molecule has 0 aromatic heterocycles. The van der Waals surface area contributed by atoms with E-state index in [9.17, 15) is 18.0 Å². The van der Waals surface area contributed by atoms with Gasteiger partial charge in [0.2, 0.25) is 11.8 Å². The Morgan fingerprint density at radius 1 is 0.927 bits per heavy atom. The molecule has 3 aromatic carbocycles. The minimum Gasteiger partial charge on any atom is -0.497 e. The molecule has 0 aliphatic rings. The SMILES string of the molecule is CC[C@@H](C)NC(=O)[C@@H](CC)N(Cc1ccc(C)cc1)C(=O)CN(c1ccc(Cl)cc1)S(=O)(=O)c1ccc(OC)cc1. The number of sulfonamides is 1. The minimum atomic E-state index is -4.19. The van der Waals surface area contributed by atoms with Gasteiger partial charge in [-0.25, -0.2) is 8.42 Å². The van der Waals surface area contributed by atoms with Gasteiger partial charge in [-0.15, -0.1) is 0 Å². The Hall–Kier alpha value is -3.56. The Kier molecular flexibility index (Phi) is 11.2. The number of benzene rings is 3. The molecule has 3 aromatic rings. The maximum absolute atomic E-state index is 14.1. The molecule has 0 radical (unpaired) electrons. The summed E-state index contributed by atoms with van der Waals surface area (Å²) in [5.41, 5.74) is 2.16. The third-order valence-corrected chi connectivity index (χ3v) is 8.94. The van der Waals surface area contributed by atoms with Gasteiger partial charge in [-0.3, -0.25) is 13.9 Å². The van der Waals surface area contributed by atoms with E-state index < -0.39 is 28.5 Å². The lowest BCUT2D eigenvalue weighted by Gasteiger charge is -2.33. The predicted octanol–water partition coefficient (Wildman–Crippen LogP) is 5.57. The first kappa shape index (κ1) is 32.0. The Bertz CT molecular complexity index is 1410. The number of amides is 2. The lowest BCUT2D eigenvalue weighted by atomic mass is 10.1. The molecule has 0 aliphatic carbocycles. The normalized spacial score (nSPS) is 12.7. The number of aryl methyl sites for hydroxylation is 1. The van der Waals surface area contributed by atoms with E-state index in [1.165, 1.54) is 24.1 Å². The number of anilines is 1. The van der Waals surface area contributed by atoms with Gasteiger partial charge in [-0.1, -0.05) is 55.3 Å². The van der Waals surface area contributed by atoms with Crippen LogP contribution < -0.4 is 14.4 Å². The van der Waals surface area contributed by atoms with Crippen LogP contribution in [0.15, 0.2) is 77.7 Å². The molecule has 8 nitrogen and oxygen atoms in total. The van der Waals surface area contributed by atoms with Crippen molar-refractivity contribution >= 4 is 39.1 Å². The first-order chi connectivity index (χ1) is 19.5. The van der Waals surface area contributed by atoms with Crippen LogP contribution in [0.4, 0.5) is 5.69 Å². The molecule has 1 N–H and O–H groups in total. The number of hydrogen-bond donors (Lipinski definition) is 1. The van der Waals surface area contributed by atoms with E-state index in [2.05, 4.69) is 5.32 Å². The number of methoxy groups -OCH3 is 1. The molecule has 0 aliphatic heterocycles. The van der Waals surface area contributed by atoms with E-state index in [1.807, 2.05) is 52.0 Å². The van der Waals surface area contributed by atoms with Gasteiger partial charge in [0, 0.05) is 17.6 Å². The molecule has 220 valence electrons. The van der Waals surface area contributed by atoms with E-state index in [0.717, 1.165) is 21.9 Å². The molecule has 0 heterocycles. The number of hydrogen-bond acceptors (Lipinski definition) is 5. The fourth-order valence-corrected chi connectivity index (χ4v) is 5.80. The fourth-order valence-electron chi connectivity index (χ4n) is 4.26. The lowest BCUT2D eigenvalue weighted by Crippen LogP contribution is -2.53. The van der Waals surface area contributed by atoms with E-state index in [1.54, 1.807) is 36.4 Å². The standard InChI is InChI=1S/C31H38ClN3O5S/c1-6-23(4)33-31(37)29(7-2)34(20-24-10-8-22(3)9-11-24)30(36)21-35(26-14-12-25(32)13-15-26)41(38,39)28-18-16-27(40-5)17-19-28/h8-19,23,29H,6-7,20-21H2,1-5H3,(H,33,37)/t23-,29-/m1/s1. The summed E-state index contributed by atoms with van der Waals surface area (Å²) in [5, 5.41) is 3.40. The molecule has 3 rings (SSSR count). The molecule has 2 atom stereocenters. The van der Waals surface area contributed by atoms with Gasteiger partial charge in [-0.05, 0) is 80.8 Å². The van der Waals surface area contributed by atoms with Crippen molar-refractivity contribution in [1.82, 2.24) is 10.2 Å². The topological polar surface area (TPSA) is 96.0 Å². The third kappa shape index (κ3) is 8.24. The molecular formula is C31H38ClN3O5S. The van der Waals surface area contributed by atoms with Gasteiger partial charge in [0.15, 0.2) is 0 Å². The minimum absolute atomic E-state index is 0.00677. The molecule has 0 unspecified atom stereocenters. The van der Waals surface area contributed by atoms with Crippen LogP contribution in [0.3, 0.4) is 0 Å². The zero-order valence-electron chi connectivity index (χ0n) is 24.1. The van der Waals surface area contributed by atoms with E-state index in [-0.39, 0.29) is 29.1 Å². The number of ether oxygens (including phenoxy) is 1. The average Bonchev–Trinajstić information content (AvgIpc) is 2.97. The maximum Gasteiger partial charge on any atom is 0.264 e. The first-order valence-corrected chi connectivity index (χ1v) is 15.4. The predicted molar refractivity (Wildman–Crippen MR) is 163 cm³/mol. The zero-order valence-corrected chi connectivity index (χ0v) is 25.7. The quantitative estimate of drug-likeness (QED) is 0.277. The van der Waals surface area contributed by atoms with Crippen molar-refractivity contribution in [2.45, 2.75) is 64.1 Å². The number of halogens is 1. The number of nitrogens with zero attached hydrogens (tertiary/aromatic N) is 2. The first-order valence-electron chi connectivity index (χ1n) is 13.6. The summed E-state index contributed by atoms with van der Waals surface area (Å²) >= 11 is 6.09. The van der Waals surface area contributed by atoms with Crippen molar-refractivity contribution in [2.24, 2.45) is 0 Å². The summed E-state index contributed by atoms with van der Waals surface area (Å²) in [5.74, 6) is -0.289. The highest BCUT2D eigenvalue weighted by Gasteiger charge is 2.34. The smallest absolute Gasteiger partial charge is 0.264 e. The second-order valence-electron chi connectivity index (χ2n) is 9.91. The Balaban J connectivity index is 2.05. The maximum atomic E-state index is 14.1. The lowest BCUT2D eigenvalue weighted by molar-refractivity contribution is -0.140. The van der Waals surface area contributed by atoms with Gasteiger partial charge in [-0.2, -0.15) is 0 Å². The highest BCUT2D eigenvalue weighted by atomic mass is 35.5. The van der Waals surface area contributed by atoms with E-state index in [0.29, 0.717) is 17.2 Å². The highest BCUT2D eigenvalue weighted by molar-refractivity contribution is 7.92. The van der Waals surface area contributed by atoms with Crippen molar-refractivity contribution in [1.29, 1.82) is 0 Å². The largest absolute Gasteiger partial charge is 0.497 e. The molecule has 10 heteroatoms. The van der Waals surface area contributed by atoms with Gasteiger partial charge in [0.1, 0.15) is 18.3 Å². The number of nitrogens with one attached hydrogen (secondary N) is 1. The van der Waals surface area contributed by atoms with Crippen molar-refractivity contribution in [3.63, 3.8) is 0 Å². The van der Waals surface area contributed by atoms with Crippen LogP contribution >= 0.6 is 11.6 Å². The van der Waals surface area contributed by atoms with E-state index >= 15 is 0 Å². The zero-order chi connectivity index (χ0) is 30.2. The van der Waals surface area contributed by atoms with E-state index in [4.69, 9.17) is 16.3 Å². The summed E-state index contributed by atoms with van der Waals surface area (Å²) in [6, 6.07) is 19.0. The molecule has 0 fully saturated rings. The van der Waals surface area contributed by atoms with Crippen LogP contribution in [-0.2, 0) is 26.2 Å². The molecule has 0 saturated carbocycles. The summed E-state index contributed by atoms with van der Waals surface area (Å²) in [6.45, 7) is 7.30. The average molecular weight is 600 g/mol. The van der Waals surface area contributed by atoms with Crippen LogP contribution in [0.1, 0.15) is 44.7 Å². The number of carbonyl (C=O) groups is 2. The Labute approximate surface area is 248 Å². The van der Waals surface area contributed by atoms with Crippen LogP contribution in [0.2, 0.25) is 5.02 Å². The summed E-state index contributed by atoms with van der Waals surface area (Å²) < 4.78 is 34.1.